The molecule has 0 N–H and O–H groups in total. The van der Waals surface area contributed by atoms with Crippen molar-refractivity contribution in [3.05, 3.63) is 235 Å². The SMILES string of the molecule is c1ccc(N(c2cccc3c2-c2ccccc2C32c3ccccc3-c3ccccc32)c2cccc3ccccc23)c(-c2ccc3c(c2)oc2c4ccccc4ccc32)c1. The van der Waals surface area contributed by atoms with Gasteiger partial charge in [0, 0.05) is 32.7 Å². The summed E-state index contributed by atoms with van der Waals surface area (Å²) in [6.07, 6.45) is 0. The Kier molecular flexibility index (Phi) is 6.68. The molecule has 0 aliphatic heterocycles. The van der Waals surface area contributed by atoms with Crippen molar-refractivity contribution in [3.8, 4) is 33.4 Å². The average Bonchev–Trinajstić information content (AvgIpc) is 3.94. The zero-order valence-electron chi connectivity index (χ0n) is 32.1. The molecule has 0 unspecified atom stereocenters. The first-order valence-corrected chi connectivity index (χ1v) is 20.4. The quantitative estimate of drug-likeness (QED) is 0.178. The first kappa shape index (κ1) is 32.4. The van der Waals surface area contributed by atoms with E-state index in [0.29, 0.717) is 0 Å². The van der Waals surface area contributed by atoms with Gasteiger partial charge in [-0.3, -0.25) is 0 Å². The Morgan fingerprint density at radius 1 is 0.339 bits per heavy atom. The Bertz CT molecular complexity index is 3480. The second-order valence-corrected chi connectivity index (χ2v) is 15.9. The molecule has 0 fully saturated rings. The molecule has 2 nitrogen and oxygen atoms in total. The summed E-state index contributed by atoms with van der Waals surface area (Å²) in [5.74, 6) is 0. The molecule has 1 heterocycles. The number of fused-ring (bicyclic) bond motifs is 16. The monoisotopic (exact) mass is 749 g/mol. The van der Waals surface area contributed by atoms with E-state index in [1.54, 1.807) is 0 Å². The van der Waals surface area contributed by atoms with Gasteiger partial charge in [0.1, 0.15) is 11.2 Å². The minimum absolute atomic E-state index is 0.449. The molecule has 0 radical (unpaired) electrons. The van der Waals surface area contributed by atoms with Crippen molar-refractivity contribution in [2.45, 2.75) is 5.41 Å². The third kappa shape index (κ3) is 4.35. The summed E-state index contributed by atoms with van der Waals surface area (Å²) < 4.78 is 6.75. The van der Waals surface area contributed by atoms with Crippen LogP contribution in [-0.4, -0.2) is 0 Å². The lowest BCUT2D eigenvalue weighted by atomic mass is 9.70. The van der Waals surface area contributed by atoms with Gasteiger partial charge < -0.3 is 9.32 Å². The highest BCUT2D eigenvalue weighted by Crippen LogP contribution is 2.65. The third-order valence-corrected chi connectivity index (χ3v) is 13.1. The summed E-state index contributed by atoms with van der Waals surface area (Å²) in [6, 6.07) is 78.1. The predicted molar refractivity (Wildman–Crippen MR) is 245 cm³/mol. The third-order valence-electron chi connectivity index (χ3n) is 13.1. The normalized spacial score (nSPS) is 13.2. The zero-order chi connectivity index (χ0) is 38.7. The van der Waals surface area contributed by atoms with Crippen LogP contribution in [0.2, 0.25) is 0 Å². The second kappa shape index (κ2) is 12.2. The lowest BCUT2D eigenvalue weighted by Crippen LogP contribution is -2.26. The van der Waals surface area contributed by atoms with Gasteiger partial charge >= 0.3 is 0 Å². The van der Waals surface area contributed by atoms with Gasteiger partial charge in [0.05, 0.1) is 22.5 Å². The van der Waals surface area contributed by atoms with Crippen molar-refractivity contribution in [2.24, 2.45) is 0 Å². The number of benzene rings is 10. The van der Waals surface area contributed by atoms with Crippen LogP contribution in [0.4, 0.5) is 17.1 Å². The van der Waals surface area contributed by atoms with Gasteiger partial charge in [0.2, 0.25) is 0 Å². The highest BCUT2D eigenvalue weighted by Gasteiger charge is 2.52. The molecule has 1 aromatic heterocycles. The van der Waals surface area contributed by atoms with E-state index in [1.165, 1.54) is 60.7 Å². The van der Waals surface area contributed by atoms with E-state index in [2.05, 4.69) is 217 Å². The molecule has 10 aromatic carbocycles. The van der Waals surface area contributed by atoms with Crippen molar-refractivity contribution in [1.82, 2.24) is 0 Å². The van der Waals surface area contributed by atoms with E-state index in [-0.39, 0.29) is 0 Å². The van der Waals surface area contributed by atoms with Gasteiger partial charge in [-0.1, -0.05) is 176 Å². The second-order valence-electron chi connectivity index (χ2n) is 15.9. The molecule has 59 heavy (non-hydrogen) atoms. The molecule has 0 amide bonds. The van der Waals surface area contributed by atoms with E-state index < -0.39 is 5.41 Å². The fraction of sp³-hybridized carbons (Fsp3) is 0.0175. The van der Waals surface area contributed by atoms with E-state index in [0.717, 1.165) is 55.5 Å². The van der Waals surface area contributed by atoms with Crippen LogP contribution in [0.3, 0.4) is 0 Å². The maximum atomic E-state index is 6.75. The molecule has 11 aromatic rings. The summed E-state index contributed by atoms with van der Waals surface area (Å²) >= 11 is 0. The topological polar surface area (TPSA) is 16.4 Å². The number of anilines is 3. The Morgan fingerprint density at radius 2 is 0.864 bits per heavy atom. The first-order valence-electron chi connectivity index (χ1n) is 20.4. The molecule has 0 saturated carbocycles. The molecule has 0 atom stereocenters. The average molecular weight is 750 g/mol. The Morgan fingerprint density at radius 3 is 1.64 bits per heavy atom. The fourth-order valence-electron chi connectivity index (χ4n) is 10.7. The summed E-state index contributed by atoms with van der Waals surface area (Å²) in [5.41, 5.74) is 17.4. The summed E-state index contributed by atoms with van der Waals surface area (Å²) in [7, 11) is 0. The first-order chi connectivity index (χ1) is 29.3. The van der Waals surface area contributed by atoms with Crippen molar-refractivity contribution < 1.29 is 4.42 Å². The van der Waals surface area contributed by atoms with Crippen LogP contribution >= 0.6 is 0 Å². The number of furan rings is 1. The van der Waals surface area contributed by atoms with Crippen LogP contribution in [0, 0.1) is 0 Å². The minimum atomic E-state index is -0.449. The zero-order valence-corrected chi connectivity index (χ0v) is 32.1. The van der Waals surface area contributed by atoms with Crippen LogP contribution in [0.15, 0.2) is 217 Å². The molecular formula is C57H35NO. The van der Waals surface area contributed by atoms with E-state index in [4.69, 9.17) is 4.42 Å². The number of hydrogen-bond donors (Lipinski definition) is 0. The fourth-order valence-corrected chi connectivity index (χ4v) is 10.7. The van der Waals surface area contributed by atoms with Gasteiger partial charge in [-0.2, -0.15) is 0 Å². The smallest absolute Gasteiger partial charge is 0.143 e. The molecule has 1 spiro atoms. The van der Waals surface area contributed by atoms with Crippen molar-refractivity contribution in [1.29, 1.82) is 0 Å². The molecular weight excluding hydrogens is 715 g/mol. The molecule has 0 saturated heterocycles. The molecule has 2 aliphatic rings. The summed E-state index contributed by atoms with van der Waals surface area (Å²) in [5, 5.41) is 6.97. The number of nitrogens with zero attached hydrogens (tertiary/aromatic N) is 1. The van der Waals surface area contributed by atoms with Crippen LogP contribution < -0.4 is 4.90 Å². The Hall–Kier alpha value is -7.68. The summed E-state index contributed by atoms with van der Waals surface area (Å²) in [4.78, 5) is 2.52. The maximum Gasteiger partial charge on any atom is 0.143 e. The van der Waals surface area contributed by atoms with E-state index in [1.807, 2.05) is 0 Å². The predicted octanol–water partition coefficient (Wildman–Crippen LogP) is 15.4. The standard InChI is InChI=1S/C57H35NO/c1-3-18-39-36(15-1)17-13-29-52(39)58(51-28-12-8-19-40(51)38-32-33-44-45-34-31-37-16-2-4-20-41(37)56(45)59-54(44)35-38)53-30-14-27-50-55(53)46-23-7-11-26-49(46)57(50)47-24-9-5-21-42(47)43-22-6-10-25-48(43)57/h1-35H. The Labute approximate surface area is 341 Å². The van der Waals surface area contributed by atoms with Crippen LogP contribution in [0.5, 0.6) is 0 Å². The highest BCUT2D eigenvalue weighted by molar-refractivity contribution is 6.16. The lowest BCUT2D eigenvalue weighted by Gasteiger charge is -2.33. The van der Waals surface area contributed by atoms with Gasteiger partial charge in [0.25, 0.3) is 0 Å². The van der Waals surface area contributed by atoms with Gasteiger partial charge in [-0.15, -0.1) is 0 Å². The number of para-hydroxylation sites is 1. The largest absolute Gasteiger partial charge is 0.455 e. The van der Waals surface area contributed by atoms with Gasteiger partial charge in [0.15, 0.2) is 0 Å². The van der Waals surface area contributed by atoms with Crippen LogP contribution in [-0.2, 0) is 5.41 Å². The van der Waals surface area contributed by atoms with Crippen molar-refractivity contribution >= 4 is 60.5 Å². The van der Waals surface area contributed by atoms with Crippen LogP contribution in [0.25, 0.3) is 76.9 Å². The molecule has 0 bridgehead atoms. The summed E-state index contributed by atoms with van der Waals surface area (Å²) in [6.45, 7) is 0. The van der Waals surface area contributed by atoms with Gasteiger partial charge in [-0.05, 0) is 91.7 Å². The molecule has 13 rings (SSSR count). The minimum Gasteiger partial charge on any atom is -0.455 e. The van der Waals surface area contributed by atoms with Gasteiger partial charge in [-0.25, -0.2) is 0 Å². The number of hydrogen-bond acceptors (Lipinski definition) is 2. The lowest BCUT2D eigenvalue weighted by molar-refractivity contribution is 0.673. The number of rotatable bonds is 4. The van der Waals surface area contributed by atoms with E-state index in [9.17, 15) is 0 Å². The van der Waals surface area contributed by atoms with E-state index >= 15 is 0 Å². The molecule has 274 valence electrons. The van der Waals surface area contributed by atoms with Crippen molar-refractivity contribution in [2.75, 3.05) is 4.90 Å². The van der Waals surface area contributed by atoms with Crippen LogP contribution in [0.1, 0.15) is 22.3 Å². The molecule has 2 heteroatoms. The highest BCUT2D eigenvalue weighted by atomic mass is 16.3. The molecule has 2 aliphatic carbocycles. The Balaban J connectivity index is 1.10. The van der Waals surface area contributed by atoms with Crippen molar-refractivity contribution in [3.63, 3.8) is 0 Å². The maximum absolute atomic E-state index is 6.75.